The Labute approximate surface area is 148 Å². The largest absolute Gasteiger partial charge is 0.342 e. The Morgan fingerprint density at radius 3 is 1.17 bits per heavy atom. The van der Waals surface area contributed by atoms with Crippen LogP contribution in [0.1, 0.15) is 116 Å². The van der Waals surface area contributed by atoms with E-state index in [1.165, 1.54) is 77.0 Å². The molecule has 0 aromatic rings. The van der Waals surface area contributed by atoms with Gasteiger partial charge in [-0.05, 0) is 19.8 Å². The Morgan fingerprint density at radius 1 is 0.583 bits per heavy atom. The van der Waals surface area contributed by atoms with Crippen molar-refractivity contribution in [3.63, 3.8) is 0 Å². The monoisotopic (exact) mass is 342 g/mol. The van der Waals surface area contributed by atoms with Crippen LogP contribution in [0.3, 0.4) is 0 Å². The van der Waals surface area contributed by atoms with E-state index in [0.29, 0.717) is 12.2 Å². The van der Waals surface area contributed by atoms with Crippen LogP contribution in [0.15, 0.2) is 0 Å². The van der Waals surface area contributed by atoms with Crippen molar-refractivity contribution < 1.29 is 19.7 Å². The van der Waals surface area contributed by atoms with E-state index in [0.717, 1.165) is 25.7 Å². The third-order valence-corrected chi connectivity index (χ3v) is 4.51. The highest BCUT2D eigenvalue weighted by molar-refractivity contribution is 5.75. The number of carbonyl (C=O) groups is 2. The van der Waals surface area contributed by atoms with Gasteiger partial charge in [0.25, 0.3) is 0 Å². The van der Waals surface area contributed by atoms with E-state index >= 15 is 0 Å². The van der Waals surface area contributed by atoms with E-state index in [2.05, 4.69) is 4.89 Å². The van der Waals surface area contributed by atoms with Gasteiger partial charge in [0.05, 0.1) is 0 Å². The molecule has 0 radical (unpaired) electrons. The molecule has 0 aromatic carbocycles. The van der Waals surface area contributed by atoms with Gasteiger partial charge >= 0.3 is 5.97 Å². The molecule has 0 aliphatic rings. The van der Waals surface area contributed by atoms with Gasteiger partial charge in [0.15, 0.2) is 0 Å². The average Bonchev–Trinajstić information content (AvgIpc) is 2.57. The van der Waals surface area contributed by atoms with Crippen molar-refractivity contribution in [2.75, 3.05) is 0 Å². The zero-order valence-corrected chi connectivity index (χ0v) is 15.7. The molecule has 0 saturated carbocycles. The Balaban J connectivity index is 3.03. The first-order valence-corrected chi connectivity index (χ1v) is 10.0. The highest BCUT2D eigenvalue weighted by Crippen LogP contribution is 2.14. The molecule has 0 rings (SSSR count). The van der Waals surface area contributed by atoms with Gasteiger partial charge in [-0.1, -0.05) is 83.5 Å². The molecule has 0 atom stereocenters. The van der Waals surface area contributed by atoms with E-state index in [1.54, 1.807) is 6.92 Å². The van der Waals surface area contributed by atoms with Gasteiger partial charge in [0.2, 0.25) is 0 Å². The molecule has 0 amide bonds. The molecule has 1 N–H and O–H groups in total. The fourth-order valence-corrected chi connectivity index (χ4v) is 2.99. The van der Waals surface area contributed by atoms with Crippen molar-refractivity contribution in [1.29, 1.82) is 0 Å². The lowest BCUT2D eigenvalue weighted by Gasteiger charge is -2.03. The van der Waals surface area contributed by atoms with E-state index in [9.17, 15) is 9.59 Å². The number of Topliss-reactive ketones (excluding diaryl/α,β-unsaturated/α-hetero) is 1. The Bertz CT molecular complexity index is 302. The van der Waals surface area contributed by atoms with Crippen LogP contribution in [0.5, 0.6) is 0 Å². The summed E-state index contributed by atoms with van der Waals surface area (Å²) < 4.78 is 0. The second-order valence-corrected chi connectivity index (χ2v) is 6.97. The minimum atomic E-state index is -0.522. The predicted octanol–water partition coefficient (Wildman–Crippen LogP) is 6.22. The molecule has 0 fully saturated rings. The Hall–Kier alpha value is -0.900. The molecule has 0 aromatic heterocycles. The lowest BCUT2D eigenvalue weighted by Crippen LogP contribution is -1.99. The molecule has 0 spiro atoms. The summed E-state index contributed by atoms with van der Waals surface area (Å²) in [5, 5.41) is 8.12. The van der Waals surface area contributed by atoms with Crippen molar-refractivity contribution in [2.24, 2.45) is 0 Å². The summed E-state index contributed by atoms with van der Waals surface area (Å²) in [7, 11) is 0. The summed E-state index contributed by atoms with van der Waals surface area (Å²) in [5.41, 5.74) is 0. The van der Waals surface area contributed by atoms with Gasteiger partial charge in [0.1, 0.15) is 5.78 Å². The molecule has 4 heteroatoms. The molecular formula is C20H38O4. The summed E-state index contributed by atoms with van der Waals surface area (Å²) >= 11 is 0. The maximum atomic E-state index is 10.8. The van der Waals surface area contributed by atoms with Crippen molar-refractivity contribution in [2.45, 2.75) is 116 Å². The second-order valence-electron chi connectivity index (χ2n) is 6.97. The van der Waals surface area contributed by atoms with Crippen LogP contribution < -0.4 is 0 Å². The maximum Gasteiger partial charge on any atom is 0.342 e. The van der Waals surface area contributed by atoms with E-state index in [1.807, 2.05) is 0 Å². The number of hydrogen-bond donors (Lipinski definition) is 1. The van der Waals surface area contributed by atoms with Crippen LogP contribution in [0.4, 0.5) is 0 Å². The minimum absolute atomic E-state index is 0.321. The van der Waals surface area contributed by atoms with Crippen molar-refractivity contribution in [3.05, 3.63) is 0 Å². The lowest BCUT2D eigenvalue weighted by atomic mass is 10.0. The summed E-state index contributed by atoms with van der Waals surface area (Å²) in [6.07, 6.45) is 19.6. The lowest BCUT2D eigenvalue weighted by molar-refractivity contribution is -0.234. The number of hydrogen-bond acceptors (Lipinski definition) is 4. The SMILES string of the molecule is CC(=O)CCCCCCCCCCCCCCCCCC(=O)OO. The standard InChI is InChI=1S/C20H38O4/c1-19(21)17-15-13-11-9-7-5-3-2-4-6-8-10-12-14-16-18-20(22)24-23/h23H,2-18H2,1H3. The second kappa shape index (κ2) is 18.4. The first-order chi connectivity index (χ1) is 11.7. The molecule has 142 valence electrons. The van der Waals surface area contributed by atoms with E-state index in [-0.39, 0.29) is 0 Å². The maximum absolute atomic E-state index is 10.8. The first kappa shape index (κ1) is 23.1. The summed E-state index contributed by atoms with van der Waals surface area (Å²) in [6, 6.07) is 0. The fourth-order valence-electron chi connectivity index (χ4n) is 2.99. The zero-order valence-electron chi connectivity index (χ0n) is 15.7. The van der Waals surface area contributed by atoms with E-state index in [4.69, 9.17) is 5.26 Å². The molecule has 0 aliphatic carbocycles. The Morgan fingerprint density at radius 2 is 0.875 bits per heavy atom. The number of rotatable bonds is 18. The van der Waals surface area contributed by atoms with Crippen LogP contribution in [0.25, 0.3) is 0 Å². The summed E-state index contributed by atoms with van der Waals surface area (Å²) in [4.78, 5) is 25.1. The molecule has 0 aliphatic heterocycles. The molecule has 4 nitrogen and oxygen atoms in total. The minimum Gasteiger partial charge on any atom is -0.301 e. The highest BCUT2D eigenvalue weighted by atomic mass is 17.1. The van der Waals surface area contributed by atoms with Gasteiger partial charge < -0.3 is 9.68 Å². The van der Waals surface area contributed by atoms with Crippen molar-refractivity contribution in [1.82, 2.24) is 0 Å². The van der Waals surface area contributed by atoms with Gasteiger partial charge in [-0.15, -0.1) is 0 Å². The van der Waals surface area contributed by atoms with Crippen LogP contribution in [0, 0.1) is 0 Å². The third-order valence-electron chi connectivity index (χ3n) is 4.51. The number of unbranched alkanes of at least 4 members (excludes halogenated alkanes) is 14. The topological polar surface area (TPSA) is 63.6 Å². The third kappa shape index (κ3) is 19.1. The highest BCUT2D eigenvalue weighted by Gasteiger charge is 2.00. The smallest absolute Gasteiger partial charge is 0.301 e. The van der Waals surface area contributed by atoms with Gasteiger partial charge in [0, 0.05) is 12.8 Å². The van der Waals surface area contributed by atoms with Crippen LogP contribution >= 0.6 is 0 Å². The van der Waals surface area contributed by atoms with E-state index < -0.39 is 5.97 Å². The van der Waals surface area contributed by atoms with Gasteiger partial charge in [-0.2, -0.15) is 5.26 Å². The molecule has 0 unspecified atom stereocenters. The number of ketones is 1. The first-order valence-electron chi connectivity index (χ1n) is 10.0. The number of carbonyl (C=O) groups excluding carboxylic acids is 2. The zero-order chi connectivity index (χ0) is 17.9. The van der Waals surface area contributed by atoms with Crippen molar-refractivity contribution >= 4 is 11.8 Å². The van der Waals surface area contributed by atoms with Crippen molar-refractivity contribution in [3.8, 4) is 0 Å². The molecule has 0 heterocycles. The molecule has 24 heavy (non-hydrogen) atoms. The summed E-state index contributed by atoms with van der Waals surface area (Å²) in [6.45, 7) is 1.68. The normalized spacial score (nSPS) is 10.8. The predicted molar refractivity (Wildman–Crippen MR) is 97.9 cm³/mol. The van der Waals surface area contributed by atoms with Gasteiger partial charge in [-0.25, -0.2) is 4.79 Å². The quantitative estimate of drug-likeness (QED) is 0.182. The van der Waals surface area contributed by atoms with Crippen LogP contribution in [0.2, 0.25) is 0 Å². The molecular weight excluding hydrogens is 304 g/mol. The van der Waals surface area contributed by atoms with Crippen LogP contribution in [-0.2, 0) is 14.5 Å². The Kier molecular flexibility index (Phi) is 17.7. The van der Waals surface area contributed by atoms with Crippen LogP contribution in [-0.4, -0.2) is 17.0 Å². The van der Waals surface area contributed by atoms with Gasteiger partial charge in [-0.3, -0.25) is 0 Å². The fraction of sp³-hybridized carbons (Fsp3) is 0.900. The average molecular weight is 343 g/mol. The summed E-state index contributed by atoms with van der Waals surface area (Å²) in [5.74, 6) is -0.201. The molecule has 0 saturated heterocycles. The molecule has 0 bridgehead atoms.